The first-order valence-electron chi connectivity index (χ1n) is 7.25. The lowest BCUT2D eigenvalue weighted by Gasteiger charge is -2.21. The molecule has 0 atom stereocenters. The minimum atomic E-state index is -0.00921. The number of ketones is 1. The lowest BCUT2D eigenvalue weighted by molar-refractivity contribution is 0.103. The average molecular weight is 333 g/mol. The van der Waals surface area contributed by atoms with E-state index >= 15 is 0 Å². The molecule has 2 heterocycles. The zero-order chi connectivity index (χ0) is 15.1. The van der Waals surface area contributed by atoms with Gasteiger partial charge in [-0.3, -0.25) is 4.79 Å². The molecule has 0 unspecified atom stereocenters. The highest BCUT2D eigenvalue weighted by Gasteiger charge is 2.34. The topological polar surface area (TPSA) is 52.3 Å². The molecule has 1 saturated carbocycles. The highest BCUT2D eigenvalue weighted by atomic mass is 32.2. The molecule has 0 bridgehead atoms. The van der Waals surface area contributed by atoms with Crippen molar-refractivity contribution in [2.45, 2.75) is 28.6 Å². The van der Waals surface area contributed by atoms with Gasteiger partial charge < -0.3 is 9.26 Å². The quantitative estimate of drug-likeness (QED) is 0.623. The van der Waals surface area contributed by atoms with Gasteiger partial charge in [0.2, 0.25) is 0 Å². The van der Waals surface area contributed by atoms with E-state index < -0.39 is 0 Å². The summed E-state index contributed by atoms with van der Waals surface area (Å²) >= 11 is 3.33. The smallest absolute Gasteiger partial charge is 0.199 e. The van der Waals surface area contributed by atoms with Crippen LogP contribution in [0.2, 0.25) is 0 Å². The van der Waals surface area contributed by atoms with E-state index in [1.54, 1.807) is 29.7 Å². The second-order valence-electron chi connectivity index (χ2n) is 5.38. The molecular formula is C16H15NO3S2. The fourth-order valence-corrected chi connectivity index (χ4v) is 4.26. The molecule has 4 rings (SSSR count). The van der Waals surface area contributed by atoms with Gasteiger partial charge in [0, 0.05) is 17.2 Å². The maximum atomic E-state index is 13.0. The largest absolute Gasteiger partial charge is 0.490 e. The predicted octanol–water partition coefficient (Wildman–Crippen LogP) is 3.99. The van der Waals surface area contributed by atoms with Crippen LogP contribution in [0.25, 0.3) is 0 Å². The number of carbonyl (C=O) groups excluding carboxylic acids is 1. The molecule has 1 aromatic heterocycles. The minimum Gasteiger partial charge on any atom is -0.490 e. The van der Waals surface area contributed by atoms with Crippen molar-refractivity contribution < 1.29 is 14.1 Å². The fraction of sp³-hybridized carbons (Fsp3) is 0.375. The van der Waals surface area contributed by atoms with Crippen LogP contribution < -0.4 is 4.74 Å². The molecule has 0 saturated heterocycles. The molecule has 0 amide bonds. The molecule has 2 aromatic rings. The van der Waals surface area contributed by atoms with Crippen LogP contribution in [-0.2, 0) is 0 Å². The van der Waals surface area contributed by atoms with Gasteiger partial charge in [-0.15, -0.1) is 23.5 Å². The summed E-state index contributed by atoms with van der Waals surface area (Å²) in [6.45, 7) is 0.684. The summed E-state index contributed by atoms with van der Waals surface area (Å²) in [6, 6.07) is 3.87. The second-order valence-corrected chi connectivity index (χ2v) is 7.33. The highest BCUT2D eigenvalue weighted by molar-refractivity contribution is 8.00. The number of ether oxygens (including phenoxy) is 1. The van der Waals surface area contributed by atoms with Gasteiger partial charge >= 0.3 is 0 Å². The average Bonchev–Trinajstić information content (AvgIpc) is 3.30. The minimum absolute atomic E-state index is 0.00921. The summed E-state index contributed by atoms with van der Waals surface area (Å²) in [4.78, 5) is 15.0. The highest BCUT2D eigenvalue weighted by Crippen LogP contribution is 2.45. The first-order valence-corrected chi connectivity index (χ1v) is 9.46. The van der Waals surface area contributed by atoms with Gasteiger partial charge in [-0.05, 0) is 31.2 Å². The number of hydrogen-bond donors (Lipinski definition) is 0. The molecule has 1 aromatic carbocycles. The molecule has 0 spiro atoms. The Balaban J connectivity index is 1.78. The Morgan fingerprint density at radius 2 is 2.23 bits per heavy atom. The lowest BCUT2D eigenvalue weighted by Crippen LogP contribution is -2.12. The van der Waals surface area contributed by atoms with Crippen molar-refractivity contribution in [1.29, 1.82) is 0 Å². The van der Waals surface area contributed by atoms with E-state index in [-0.39, 0.29) is 5.78 Å². The van der Waals surface area contributed by atoms with Crippen molar-refractivity contribution in [3.8, 4) is 5.75 Å². The zero-order valence-electron chi connectivity index (χ0n) is 12.1. The summed E-state index contributed by atoms with van der Waals surface area (Å²) < 4.78 is 11.1. The van der Waals surface area contributed by atoms with Crippen LogP contribution >= 0.6 is 23.5 Å². The molecule has 1 aliphatic heterocycles. The number of aromatic nitrogens is 1. The van der Waals surface area contributed by atoms with E-state index in [9.17, 15) is 4.79 Å². The van der Waals surface area contributed by atoms with Crippen molar-refractivity contribution in [3.63, 3.8) is 0 Å². The second kappa shape index (κ2) is 5.66. The molecule has 1 aliphatic carbocycles. The van der Waals surface area contributed by atoms with Gasteiger partial charge in [-0.2, -0.15) is 0 Å². The molecule has 4 nitrogen and oxygen atoms in total. The van der Waals surface area contributed by atoms with Crippen LogP contribution in [-0.4, -0.2) is 29.6 Å². The van der Waals surface area contributed by atoms with Gasteiger partial charge in [-0.1, -0.05) is 5.16 Å². The van der Waals surface area contributed by atoms with Gasteiger partial charge in [-0.25, -0.2) is 0 Å². The summed E-state index contributed by atoms with van der Waals surface area (Å²) in [5, 5.41) is 3.84. The molecule has 0 radical (unpaired) electrons. The van der Waals surface area contributed by atoms with Crippen LogP contribution in [0.15, 0.2) is 32.6 Å². The summed E-state index contributed by atoms with van der Waals surface area (Å²) in [5.41, 5.74) is 1.30. The van der Waals surface area contributed by atoms with E-state index in [2.05, 4.69) is 5.16 Å². The Bertz CT molecular complexity index is 737. The van der Waals surface area contributed by atoms with Crippen LogP contribution in [0.5, 0.6) is 5.75 Å². The molecular weight excluding hydrogens is 318 g/mol. The monoisotopic (exact) mass is 333 g/mol. The van der Waals surface area contributed by atoms with Crippen molar-refractivity contribution in [2.75, 3.05) is 18.6 Å². The van der Waals surface area contributed by atoms with Gasteiger partial charge in [0.25, 0.3) is 0 Å². The standard InChI is InChI=1S/C16H15NO3S2/c1-21-12-5-4-10(16-15(12)19-6-7-22-16)13(18)11-8-17-20-14(11)9-2-3-9/h4-5,8-9H,2-3,6-7H2,1H3. The van der Waals surface area contributed by atoms with Crippen molar-refractivity contribution in [2.24, 2.45) is 0 Å². The number of fused-ring (bicyclic) bond motifs is 1. The molecule has 22 heavy (non-hydrogen) atoms. The molecule has 2 aliphatic rings. The Morgan fingerprint density at radius 1 is 1.36 bits per heavy atom. The zero-order valence-corrected chi connectivity index (χ0v) is 13.8. The third-order valence-corrected chi connectivity index (χ3v) is 5.73. The molecule has 114 valence electrons. The first-order chi connectivity index (χ1) is 10.8. The summed E-state index contributed by atoms with van der Waals surface area (Å²) in [5.74, 6) is 2.81. The van der Waals surface area contributed by atoms with Crippen LogP contribution in [0.4, 0.5) is 0 Å². The van der Waals surface area contributed by atoms with Crippen molar-refractivity contribution in [3.05, 3.63) is 35.2 Å². The predicted molar refractivity (Wildman–Crippen MR) is 86.4 cm³/mol. The third-order valence-electron chi connectivity index (χ3n) is 3.91. The molecule has 6 heteroatoms. The summed E-state index contributed by atoms with van der Waals surface area (Å²) in [7, 11) is 0. The number of carbonyl (C=O) groups is 1. The summed E-state index contributed by atoms with van der Waals surface area (Å²) in [6.07, 6.45) is 5.73. The van der Waals surface area contributed by atoms with E-state index in [1.807, 2.05) is 18.4 Å². The Labute approximate surface area is 137 Å². The number of benzene rings is 1. The van der Waals surface area contributed by atoms with E-state index in [4.69, 9.17) is 9.26 Å². The van der Waals surface area contributed by atoms with Crippen molar-refractivity contribution >= 4 is 29.3 Å². The Morgan fingerprint density at radius 3 is 3.00 bits per heavy atom. The molecule has 1 fully saturated rings. The van der Waals surface area contributed by atoms with Gasteiger partial charge in [0.15, 0.2) is 11.5 Å². The van der Waals surface area contributed by atoms with Crippen LogP contribution in [0.1, 0.15) is 40.4 Å². The van der Waals surface area contributed by atoms with Gasteiger partial charge in [0.05, 0.1) is 28.2 Å². The number of rotatable bonds is 4. The SMILES string of the molecule is CSc1ccc(C(=O)c2cnoc2C2CC2)c2c1OCCS2. The Kier molecular flexibility index (Phi) is 3.66. The van der Waals surface area contributed by atoms with Gasteiger partial charge in [0.1, 0.15) is 5.75 Å². The van der Waals surface area contributed by atoms with E-state index in [0.717, 1.165) is 39.9 Å². The maximum Gasteiger partial charge on any atom is 0.199 e. The van der Waals surface area contributed by atoms with Crippen LogP contribution in [0, 0.1) is 0 Å². The normalized spacial score (nSPS) is 17.0. The van der Waals surface area contributed by atoms with Crippen molar-refractivity contribution in [1.82, 2.24) is 5.16 Å². The maximum absolute atomic E-state index is 13.0. The van der Waals surface area contributed by atoms with E-state index in [1.165, 1.54) is 0 Å². The number of thioether (sulfide) groups is 2. The first kappa shape index (κ1) is 14.2. The van der Waals surface area contributed by atoms with Crippen LogP contribution in [0.3, 0.4) is 0 Å². The number of nitrogens with zero attached hydrogens (tertiary/aromatic N) is 1. The fourth-order valence-electron chi connectivity index (χ4n) is 2.66. The number of hydrogen-bond acceptors (Lipinski definition) is 6. The van der Waals surface area contributed by atoms with E-state index in [0.29, 0.717) is 23.7 Å². The lowest BCUT2D eigenvalue weighted by atomic mass is 10.0. The third kappa shape index (κ3) is 2.34. The Hall–Kier alpha value is -1.40. The molecule has 0 N–H and O–H groups in total.